The highest BCUT2D eigenvalue weighted by Crippen LogP contribution is 2.47. The Kier molecular flexibility index (Phi) is 31.1. The van der Waals surface area contributed by atoms with Gasteiger partial charge in [0.2, 0.25) is 0 Å². The molecule has 0 radical (unpaired) electrons. The largest absolute Gasteiger partial charge is 0.472 e. The molecule has 1 aliphatic heterocycles. The summed E-state index contributed by atoms with van der Waals surface area (Å²) in [7, 11) is -5.20. The summed E-state index contributed by atoms with van der Waals surface area (Å²) < 4.78 is 39.2. The molecular weight excluding hydrogens is 867 g/mol. The monoisotopic (exact) mass is 951 g/mol. The van der Waals surface area contributed by atoms with E-state index in [1.165, 1.54) is 64.2 Å². The van der Waals surface area contributed by atoms with Crippen LogP contribution in [-0.4, -0.2) is 138 Å². The molecule has 2 aliphatic rings. The van der Waals surface area contributed by atoms with Gasteiger partial charge in [-0.1, -0.05) is 140 Å². The van der Waals surface area contributed by atoms with Crippen LogP contribution >= 0.6 is 7.82 Å². The normalized spacial score (nSPS) is 28.2. The lowest BCUT2D eigenvalue weighted by molar-refractivity contribution is -0.220. The van der Waals surface area contributed by atoms with Crippen LogP contribution in [0, 0.1) is 5.92 Å². The molecule has 0 aromatic rings. The van der Waals surface area contributed by atoms with Crippen molar-refractivity contribution in [2.75, 3.05) is 13.2 Å². The Balaban J connectivity index is 1.86. The molecular formula is C47H83O17P. The lowest BCUT2D eigenvalue weighted by atomic mass is 9.85. The summed E-state index contributed by atoms with van der Waals surface area (Å²) >= 11 is 0. The molecule has 0 spiro atoms. The number of phosphoric acid groups is 1. The van der Waals surface area contributed by atoms with Crippen molar-refractivity contribution in [2.24, 2.45) is 5.92 Å². The van der Waals surface area contributed by atoms with Gasteiger partial charge >= 0.3 is 19.8 Å². The minimum atomic E-state index is -5.20. The van der Waals surface area contributed by atoms with E-state index >= 15 is 0 Å². The molecule has 18 heteroatoms. The van der Waals surface area contributed by atoms with Crippen molar-refractivity contribution in [3.8, 4) is 0 Å². The van der Waals surface area contributed by atoms with Crippen LogP contribution in [0.1, 0.15) is 162 Å². The van der Waals surface area contributed by atoms with Gasteiger partial charge in [0.05, 0.1) is 24.9 Å². The molecule has 17 nitrogen and oxygen atoms in total. The molecule has 2 fully saturated rings. The molecule has 2 rings (SSSR count). The molecule has 0 bridgehead atoms. The Morgan fingerprint density at radius 3 is 1.83 bits per heavy atom. The van der Waals surface area contributed by atoms with Gasteiger partial charge in [0, 0.05) is 25.2 Å². The maximum Gasteiger partial charge on any atom is 0.472 e. The number of aliphatic hydroxyl groups excluding tert-OH is 8. The number of hydrogen-bond donors (Lipinski definition) is 9. The summed E-state index contributed by atoms with van der Waals surface area (Å²) in [6.45, 7) is 2.88. The fourth-order valence-electron chi connectivity index (χ4n) is 7.81. The third-order valence-electron chi connectivity index (χ3n) is 11.8. The predicted molar refractivity (Wildman–Crippen MR) is 243 cm³/mol. The van der Waals surface area contributed by atoms with Crippen LogP contribution in [-0.2, 0) is 37.4 Å². The number of esters is 2. The van der Waals surface area contributed by atoms with Crippen molar-refractivity contribution >= 4 is 19.8 Å². The summed E-state index contributed by atoms with van der Waals surface area (Å²) in [6.07, 6.45) is 13.7. The number of ether oxygens (including phenoxy) is 3. The third-order valence-corrected chi connectivity index (χ3v) is 12.8. The Labute approximate surface area is 386 Å². The highest BCUT2D eigenvalue weighted by molar-refractivity contribution is 7.47. The van der Waals surface area contributed by atoms with Crippen LogP contribution in [0.25, 0.3) is 0 Å². The first-order chi connectivity index (χ1) is 31.1. The van der Waals surface area contributed by atoms with Gasteiger partial charge in [-0.2, -0.15) is 0 Å². The average molecular weight is 951 g/mol. The van der Waals surface area contributed by atoms with Crippen molar-refractivity contribution in [3.05, 3.63) is 36.5 Å². The van der Waals surface area contributed by atoms with Gasteiger partial charge in [-0.25, -0.2) is 4.57 Å². The quantitative estimate of drug-likeness (QED) is 0.0164. The molecule has 1 aliphatic carbocycles. The summed E-state index contributed by atoms with van der Waals surface area (Å²) in [5.74, 6) is -1.69. The molecule has 378 valence electrons. The Morgan fingerprint density at radius 1 is 0.692 bits per heavy atom. The number of rotatable bonds is 35. The summed E-state index contributed by atoms with van der Waals surface area (Å²) in [6, 6.07) is 0. The van der Waals surface area contributed by atoms with Crippen molar-refractivity contribution in [3.63, 3.8) is 0 Å². The van der Waals surface area contributed by atoms with Crippen molar-refractivity contribution < 1.29 is 83.2 Å². The van der Waals surface area contributed by atoms with E-state index in [1.54, 1.807) is 12.2 Å². The predicted octanol–water partition coefficient (Wildman–Crippen LogP) is 5.50. The van der Waals surface area contributed by atoms with E-state index in [2.05, 4.69) is 6.92 Å². The fourth-order valence-corrected chi connectivity index (χ4v) is 8.79. The molecule has 0 aromatic heterocycles. The van der Waals surface area contributed by atoms with Gasteiger partial charge in [-0.05, 0) is 38.5 Å². The zero-order chi connectivity index (χ0) is 48.0. The Morgan fingerprint density at radius 2 is 1.25 bits per heavy atom. The number of unbranched alkanes of at least 4 members (excludes halogenated alkanes) is 15. The fraction of sp³-hybridized carbons (Fsp3) is 0.830. The third kappa shape index (κ3) is 25.2. The van der Waals surface area contributed by atoms with Crippen LogP contribution < -0.4 is 0 Å². The topological polar surface area (TPSA) is 279 Å². The smallest absolute Gasteiger partial charge is 0.462 e. The number of carbonyl (C=O) groups excluding carboxylic acids is 2. The molecule has 11 unspecified atom stereocenters. The van der Waals surface area contributed by atoms with Crippen LogP contribution in [0.4, 0.5) is 0 Å². The van der Waals surface area contributed by atoms with Crippen LogP contribution in [0.15, 0.2) is 36.5 Å². The number of phosphoric ester groups is 1. The maximum atomic E-state index is 12.9. The van der Waals surface area contributed by atoms with Gasteiger partial charge in [-0.15, -0.1) is 0 Å². The van der Waals surface area contributed by atoms with Crippen molar-refractivity contribution in [2.45, 2.75) is 229 Å². The van der Waals surface area contributed by atoms with E-state index in [0.29, 0.717) is 32.1 Å². The second kappa shape index (κ2) is 34.2. The van der Waals surface area contributed by atoms with E-state index in [1.807, 2.05) is 31.2 Å². The summed E-state index contributed by atoms with van der Waals surface area (Å²) in [5, 5.41) is 81.3. The van der Waals surface area contributed by atoms with Gasteiger partial charge in [0.25, 0.3) is 0 Å². The van der Waals surface area contributed by atoms with E-state index in [-0.39, 0.29) is 19.3 Å². The maximum absolute atomic E-state index is 12.9. The van der Waals surface area contributed by atoms with Gasteiger partial charge in [-0.3, -0.25) is 18.6 Å². The first-order valence-corrected chi connectivity index (χ1v) is 25.7. The molecule has 1 heterocycles. The van der Waals surface area contributed by atoms with E-state index < -0.39 is 106 Å². The summed E-state index contributed by atoms with van der Waals surface area (Å²) in [4.78, 5) is 36.0. The molecule has 11 atom stereocenters. The minimum Gasteiger partial charge on any atom is -0.462 e. The van der Waals surface area contributed by atoms with E-state index in [0.717, 1.165) is 32.1 Å². The Bertz CT molecular complexity index is 1400. The first kappa shape index (κ1) is 59.0. The molecule has 1 saturated heterocycles. The van der Waals surface area contributed by atoms with Gasteiger partial charge in [0.15, 0.2) is 12.4 Å². The molecule has 65 heavy (non-hydrogen) atoms. The SMILES string of the molecule is CC/C=C\CC(O)/C=C/C1OC(O)CC(O)C1C/C=C\CCCC(=O)OC(COC(=O)CCCCCCCCCCCCCCCCC)COP(=O)(O)OC1C(O)C(O)C(O)C(O)C1O. The molecule has 0 amide bonds. The Hall–Kier alpha value is -2.09. The second-order valence-electron chi connectivity index (χ2n) is 17.5. The number of aliphatic hydroxyl groups is 8. The molecule has 9 N–H and O–H groups in total. The number of hydrogen-bond acceptors (Lipinski definition) is 16. The highest BCUT2D eigenvalue weighted by Gasteiger charge is 2.51. The zero-order valence-corrected chi connectivity index (χ0v) is 39.7. The lowest BCUT2D eigenvalue weighted by Gasteiger charge is -2.41. The number of allylic oxidation sites excluding steroid dienone is 3. The van der Waals surface area contributed by atoms with Crippen LogP contribution in [0.3, 0.4) is 0 Å². The first-order valence-electron chi connectivity index (χ1n) is 24.2. The van der Waals surface area contributed by atoms with Crippen molar-refractivity contribution in [1.82, 2.24) is 0 Å². The second-order valence-corrected chi connectivity index (χ2v) is 18.9. The van der Waals surface area contributed by atoms with Gasteiger partial charge in [0.1, 0.15) is 43.2 Å². The standard InChI is InChI=1S/C47H83O17P/c1-3-5-7-8-9-10-11-12-13-14-15-16-17-18-23-27-39(50)60-32-35(33-61-65(58,59)64-47-45(56)43(54)42(53)44(55)46(47)57)62-40(51)28-24-20-19-22-26-36-37(49)31-41(52)63-38(36)30-29-34(48)25-21-6-4-2/h6,19,21-22,29-30,34-38,41-49,52-57H,3-5,7-18,20,23-28,31-33H2,1-2H3,(H,58,59)/b21-6-,22-19-,30-29+. The lowest BCUT2D eigenvalue weighted by Crippen LogP contribution is -2.64. The van der Waals surface area contributed by atoms with E-state index in [9.17, 15) is 59.9 Å². The zero-order valence-electron chi connectivity index (χ0n) is 38.8. The molecule has 1 saturated carbocycles. The van der Waals surface area contributed by atoms with Gasteiger partial charge < -0.3 is 60.0 Å². The number of carbonyl (C=O) groups is 2. The van der Waals surface area contributed by atoms with Crippen molar-refractivity contribution in [1.29, 1.82) is 0 Å². The highest BCUT2D eigenvalue weighted by atomic mass is 31.2. The van der Waals surface area contributed by atoms with Crippen LogP contribution in [0.5, 0.6) is 0 Å². The molecule has 0 aromatic carbocycles. The summed E-state index contributed by atoms with van der Waals surface area (Å²) in [5.41, 5.74) is 0. The minimum absolute atomic E-state index is 0.0366. The van der Waals surface area contributed by atoms with Crippen LogP contribution in [0.2, 0.25) is 0 Å². The van der Waals surface area contributed by atoms with E-state index in [4.69, 9.17) is 23.3 Å². The average Bonchev–Trinajstić information content (AvgIpc) is 3.27.